The first-order valence-electron chi connectivity index (χ1n) is 7.57. The van der Waals surface area contributed by atoms with Gasteiger partial charge in [0, 0.05) is 16.7 Å². The third-order valence-electron chi connectivity index (χ3n) is 3.31. The molecule has 0 heterocycles. The van der Waals surface area contributed by atoms with Gasteiger partial charge in [-0.3, -0.25) is 4.79 Å². The number of hydrogen-bond donors (Lipinski definition) is 0. The molecule has 5 heteroatoms. The summed E-state index contributed by atoms with van der Waals surface area (Å²) in [6, 6.07) is 15.6. The van der Waals surface area contributed by atoms with Gasteiger partial charge >= 0.3 is 0 Å². The van der Waals surface area contributed by atoms with Crippen molar-refractivity contribution < 1.29 is 13.7 Å². The summed E-state index contributed by atoms with van der Waals surface area (Å²) in [5, 5.41) is 0. The van der Waals surface area contributed by atoms with Crippen LogP contribution in [0.15, 0.2) is 63.9 Å². The molecule has 0 aliphatic rings. The minimum Gasteiger partial charge on any atom is -0.494 e. The van der Waals surface area contributed by atoms with Crippen molar-refractivity contribution in [2.45, 2.75) is 24.7 Å². The molecular weight excluding hydrogens is 310 g/mol. The molecule has 0 spiro atoms. The van der Waals surface area contributed by atoms with E-state index in [1.54, 1.807) is 48.5 Å². The first kappa shape index (κ1) is 17.2. The van der Waals surface area contributed by atoms with Crippen molar-refractivity contribution in [3.8, 4) is 5.75 Å². The molecule has 0 aromatic heterocycles. The first-order chi connectivity index (χ1) is 11.0. The molecule has 2 rings (SSSR count). The molecule has 0 saturated carbocycles. The number of carbonyl (C=O) groups excluding carboxylic acids is 1. The fraction of sp³-hybridized carbons (Fsp3) is 0.278. The molecule has 1 atom stereocenters. The van der Waals surface area contributed by atoms with Gasteiger partial charge in [0.25, 0.3) is 5.91 Å². The molecule has 2 aromatic rings. The maximum absolute atomic E-state index is 12.6. The largest absolute Gasteiger partial charge is 0.494 e. The lowest BCUT2D eigenvalue weighted by molar-refractivity contribution is 0.100. The number of amides is 1. The van der Waals surface area contributed by atoms with Gasteiger partial charge in [0.15, 0.2) is 0 Å². The lowest BCUT2D eigenvalue weighted by atomic mass is 10.2. The zero-order valence-corrected chi connectivity index (χ0v) is 14.2. The van der Waals surface area contributed by atoms with Gasteiger partial charge in [-0.25, -0.2) is 4.21 Å². The smallest absolute Gasteiger partial charge is 0.285 e. The van der Waals surface area contributed by atoms with Gasteiger partial charge in [0.2, 0.25) is 0 Å². The molecule has 0 aliphatic carbocycles. The summed E-state index contributed by atoms with van der Waals surface area (Å²) in [7, 11) is -2.74. The molecule has 2 aromatic carbocycles. The summed E-state index contributed by atoms with van der Waals surface area (Å²) in [6.07, 6.45) is 3.53. The molecule has 4 nitrogen and oxygen atoms in total. The van der Waals surface area contributed by atoms with Crippen molar-refractivity contribution in [1.82, 2.24) is 0 Å². The van der Waals surface area contributed by atoms with Gasteiger partial charge < -0.3 is 4.74 Å². The van der Waals surface area contributed by atoms with Gasteiger partial charge in [-0.1, -0.05) is 31.5 Å². The number of ether oxygens (including phenoxy) is 1. The van der Waals surface area contributed by atoms with Crippen LogP contribution in [0.3, 0.4) is 0 Å². The lowest BCUT2D eigenvalue weighted by Crippen LogP contribution is -2.04. The summed E-state index contributed by atoms with van der Waals surface area (Å²) < 4.78 is 22.1. The Labute approximate surface area is 137 Å². The Balaban J connectivity index is 2.14. The fourth-order valence-electron chi connectivity index (χ4n) is 1.96. The molecular formula is C18H21NO3S. The zero-order chi connectivity index (χ0) is 16.7. The molecule has 0 bridgehead atoms. The third kappa shape index (κ3) is 4.93. The van der Waals surface area contributed by atoms with Gasteiger partial charge in [0.1, 0.15) is 5.75 Å². The summed E-state index contributed by atoms with van der Waals surface area (Å²) in [4.78, 5) is 12.8. The fourth-order valence-corrected chi connectivity index (χ4v) is 3.15. The molecule has 122 valence electrons. The van der Waals surface area contributed by atoms with Crippen LogP contribution >= 0.6 is 0 Å². The van der Waals surface area contributed by atoms with Crippen LogP contribution in [0.4, 0.5) is 0 Å². The van der Waals surface area contributed by atoms with E-state index in [1.807, 2.05) is 6.07 Å². The Bertz CT molecular complexity index is 761. The van der Waals surface area contributed by atoms with Crippen LogP contribution in [0, 0.1) is 0 Å². The predicted octanol–water partition coefficient (Wildman–Crippen LogP) is 4.16. The van der Waals surface area contributed by atoms with E-state index in [0.29, 0.717) is 17.1 Å². The van der Waals surface area contributed by atoms with Crippen LogP contribution in [-0.2, 0) is 9.73 Å². The van der Waals surface area contributed by atoms with Crippen LogP contribution in [0.2, 0.25) is 0 Å². The maximum Gasteiger partial charge on any atom is 0.285 e. The van der Waals surface area contributed by atoms with E-state index < -0.39 is 15.6 Å². The van der Waals surface area contributed by atoms with Gasteiger partial charge in [0.05, 0.1) is 16.3 Å². The average Bonchev–Trinajstić information content (AvgIpc) is 2.56. The van der Waals surface area contributed by atoms with E-state index >= 15 is 0 Å². The number of rotatable bonds is 6. The van der Waals surface area contributed by atoms with Crippen LogP contribution < -0.4 is 4.74 Å². The van der Waals surface area contributed by atoms with Crippen molar-refractivity contribution in [2.24, 2.45) is 4.36 Å². The second kappa shape index (κ2) is 7.92. The zero-order valence-electron chi connectivity index (χ0n) is 13.4. The average molecular weight is 331 g/mol. The molecule has 23 heavy (non-hydrogen) atoms. The summed E-state index contributed by atoms with van der Waals surface area (Å²) in [6.45, 7) is 2.76. The highest BCUT2D eigenvalue weighted by atomic mass is 32.2. The monoisotopic (exact) mass is 331 g/mol. The second-order valence-corrected chi connectivity index (χ2v) is 7.50. The number of unbranched alkanes of at least 4 members (excludes halogenated alkanes) is 1. The Morgan fingerprint density at radius 3 is 2.35 bits per heavy atom. The van der Waals surface area contributed by atoms with Crippen LogP contribution in [-0.4, -0.2) is 23.0 Å². The Kier molecular flexibility index (Phi) is 5.93. The minimum absolute atomic E-state index is 0.401. The normalized spacial score (nSPS) is 13.1. The SMILES string of the molecule is CCCCOc1ccc(C(=O)N=S(C)(=O)c2ccccc2)cc1. The van der Waals surface area contributed by atoms with Crippen molar-refractivity contribution >= 4 is 15.6 Å². The van der Waals surface area contributed by atoms with E-state index in [1.165, 1.54) is 6.26 Å². The molecule has 1 unspecified atom stereocenters. The van der Waals surface area contributed by atoms with Crippen LogP contribution in [0.5, 0.6) is 5.75 Å². The van der Waals surface area contributed by atoms with Crippen molar-refractivity contribution in [3.63, 3.8) is 0 Å². The standard InChI is InChI=1S/C18H21NO3S/c1-3-4-14-22-16-12-10-15(11-13-16)18(20)19-23(2,21)17-8-6-5-7-9-17/h5-13H,3-4,14H2,1-2H3. The molecule has 1 amide bonds. The Hall–Kier alpha value is -2.14. The quantitative estimate of drug-likeness (QED) is 0.747. The highest BCUT2D eigenvalue weighted by Crippen LogP contribution is 2.16. The summed E-state index contributed by atoms with van der Waals surface area (Å²) in [5.41, 5.74) is 0.401. The van der Waals surface area contributed by atoms with Crippen molar-refractivity contribution in [3.05, 3.63) is 60.2 Å². The molecule has 0 aliphatic heterocycles. The topological polar surface area (TPSA) is 55.7 Å². The van der Waals surface area contributed by atoms with E-state index in [4.69, 9.17) is 4.74 Å². The minimum atomic E-state index is -2.74. The van der Waals surface area contributed by atoms with E-state index in [-0.39, 0.29) is 0 Å². The van der Waals surface area contributed by atoms with Crippen molar-refractivity contribution in [1.29, 1.82) is 0 Å². The van der Waals surface area contributed by atoms with Gasteiger partial charge in [-0.05, 0) is 42.8 Å². The summed E-state index contributed by atoms with van der Waals surface area (Å²) >= 11 is 0. The molecule has 0 saturated heterocycles. The maximum atomic E-state index is 12.6. The Morgan fingerprint density at radius 1 is 1.09 bits per heavy atom. The molecule has 0 N–H and O–H groups in total. The predicted molar refractivity (Wildman–Crippen MR) is 92.4 cm³/mol. The number of carbonyl (C=O) groups is 1. The van der Waals surface area contributed by atoms with E-state index in [2.05, 4.69) is 11.3 Å². The molecule has 0 fully saturated rings. The van der Waals surface area contributed by atoms with E-state index in [9.17, 15) is 9.00 Å². The van der Waals surface area contributed by atoms with Gasteiger partial charge in [-0.2, -0.15) is 4.36 Å². The van der Waals surface area contributed by atoms with Crippen molar-refractivity contribution in [2.75, 3.05) is 12.9 Å². The number of hydrogen-bond acceptors (Lipinski definition) is 3. The first-order valence-corrected chi connectivity index (χ1v) is 9.49. The highest BCUT2D eigenvalue weighted by molar-refractivity contribution is 7.93. The third-order valence-corrected chi connectivity index (χ3v) is 4.97. The van der Waals surface area contributed by atoms with Crippen LogP contribution in [0.25, 0.3) is 0 Å². The summed E-state index contributed by atoms with van der Waals surface area (Å²) in [5.74, 6) is 0.233. The second-order valence-electron chi connectivity index (χ2n) is 5.24. The Morgan fingerprint density at radius 2 is 1.74 bits per heavy atom. The number of benzene rings is 2. The van der Waals surface area contributed by atoms with E-state index in [0.717, 1.165) is 18.6 Å². The molecule has 0 radical (unpaired) electrons. The van der Waals surface area contributed by atoms with Crippen LogP contribution in [0.1, 0.15) is 30.1 Å². The lowest BCUT2D eigenvalue weighted by Gasteiger charge is -2.06. The number of nitrogens with zero attached hydrogens (tertiary/aromatic N) is 1. The van der Waals surface area contributed by atoms with Gasteiger partial charge in [-0.15, -0.1) is 0 Å². The highest BCUT2D eigenvalue weighted by Gasteiger charge is 2.11.